The van der Waals surface area contributed by atoms with E-state index in [2.05, 4.69) is 9.10 Å². The van der Waals surface area contributed by atoms with Gasteiger partial charge in [0.05, 0.1) is 29.6 Å². The van der Waals surface area contributed by atoms with Crippen molar-refractivity contribution in [1.82, 2.24) is 0 Å². The predicted octanol–water partition coefficient (Wildman–Crippen LogP) is 0.865. The van der Waals surface area contributed by atoms with Gasteiger partial charge in [-0.2, -0.15) is 8.57 Å². The molecular formula is C9H7NO4S2. The first-order chi connectivity index (χ1) is 7.74. The normalized spacial score (nSPS) is 9.06. The summed E-state index contributed by atoms with van der Waals surface area (Å²) < 4.78 is 29.0. The molecule has 1 aromatic rings. The zero-order valence-corrected chi connectivity index (χ0v) is 9.84. The number of hydrogen-bond donors (Lipinski definition) is 0. The average Bonchev–Trinajstić information content (AvgIpc) is 2.31. The number of carbonyl (C=O) groups excluding carboxylic acids is 1. The Kier molecular flexibility index (Phi) is 4.74. The molecule has 0 unspecified atom stereocenters. The molecule has 5 nitrogen and oxygen atoms in total. The van der Waals surface area contributed by atoms with Gasteiger partial charge in [-0.15, -0.1) is 0 Å². The zero-order valence-electron chi connectivity index (χ0n) is 8.21. The van der Waals surface area contributed by atoms with Gasteiger partial charge < -0.3 is 4.74 Å². The van der Waals surface area contributed by atoms with E-state index in [1.807, 2.05) is 0 Å². The summed E-state index contributed by atoms with van der Waals surface area (Å²) in [6.07, 6.45) is 0. The predicted molar refractivity (Wildman–Crippen MR) is 61.3 cm³/mol. The Morgan fingerprint density at radius 3 is 2.75 bits per heavy atom. The van der Waals surface area contributed by atoms with Crippen molar-refractivity contribution < 1.29 is 17.9 Å². The first kappa shape index (κ1) is 12.5. The molecular weight excluding hydrogens is 250 g/mol. The molecule has 1 aromatic carbocycles. The average molecular weight is 257 g/mol. The monoisotopic (exact) mass is 257 g/mol. The highest BCUT2D eigenvalue weighted by Crippen LogP contribution is 2.21. The lowest BCUT2D eigenvalue weighted by Crippen LogP contribution is -2.05. The summed E-state index contributed by atoms with van der Waals surface area (Å²) in [5.41, 5.74) is 0.796. The highest BCUT2D eigenvalue weighted by molar-refractivity contribution is 7.65. The molecule has 0 aliphatic heterocycles. The third-order valence-electron chi connectivity index (χ3n) is 1.79. The number of ether oxygens (including phenoxy) is 1. The Morgan fingerprint density at radius 1 is 1.44 bits per heavy atom. The van der Waals surface area contributed by atoms with Crippen molar-refractivity contribution in [3.8, 4) is 0 Å². The number of nitrogens with zero attached hydrogens (tertiary/aromatic N) is 1. The first-order valence-corrected chi connectivity index (χ1v) is 5.58. The molecule has 0 spiro atoms. The topological polar surface area (TPSA) is 72.8 Å². The van der Waals surface area contributed by atoms with Crippen LogP contribution in [0.1, 0.15) is 15.9 Å². The fraction of sp³-hybridized carbons (Fsp3) is 0.111. The van der Waals surface area contributed by atoms with Gasteiger partial charge in [0.15, 0.2) is 0 Å². The highest BCUT2D eigenvalue weighted by atomic mass is 32.1. The highest BCUT2D eigenvalue weighted by Gasteiger charge is 2.13. The van der Waals surface area contributed by atoms with Gasteiger partial charge >= 0.3 is 5.97 Å². The summed E-state index contributed by atoms with van der Waals surface area (Å²) in [5, 5.41) is 1.21. The van der Waals surface area contributed by atoms with Crippen LogP contribution in [0, 0.1) is 0 Å². The van der Waals surface area contributed by atoms with Crippen molar-refractivity contribution in [3.63, 3.8) is 0 Å². The molecule has 0 saturated heterocycles. The summed E-state index contributed by atoms with van der Waals surface area (Å²) in [6, 6.07) is 4.61. The van der Waals surface area contributed by atoms with E-state index in [0.29, 0.717) is 5.56 Å². The van der Waals surface area contributed by atoms with Crippen molar-refractivity contribution in [2.75, 3.05) is 7.11 Å². The van der Waals surface area contributed by atoms with E-state index in [0.717, 1.165) is 0 Å². The van der Waals surface area contributed by atoms with Gasteiger partial charge in [0.25, 0.3) is 0 Å². The van der Waals surface area contributed by atoms with Crippen molar-refractivity contribution >= 4 is 39.7 Å². The van der Waals surface area contributed by atoms with Gasteiger partial charge in [0.1, 0.15) is 0 Å². The van der Waals surface area contributed by atoms with E-state index >= 15 is 0 Å². The van der Waals surface area contributed by atoms with Crippen LogP contribution in [-0.4, -0.2) is 26.9 Å². The summed E-state index contributed by atoms with van der Waals surface area (Å²) in [7, 11) is 1.24. The van der Waals surface area contributed by atoms with Crippen LogP contribution in [0.25, 0.3) is 0 Å². The van der Waals surface area contributed by atoms with Crippen LogP contribution in [0.2, 0.25) is 0 Å². The van der Waals surface area contributed by atoms with Crippen molar-refractivity contribution in [2.24, 2.45) is 4.36 Å². The third-order valence-corrected chi connectivity index (χ3v) is 2.39. The molecule has 0 atom stereocenters. The van der Waals surface area contributed by atoms with E-state index in [9.17, 15) is 13.2 Å². The molecule has 84 valence electrons. The zero-order chi connectivity index (χ0) is 12.0. The molecule has 1 rings (SSSR count). The fourth-order valence-corrected chi connectivity index (χ4v) is 1.72. The second kappa shape index (κ2) is 6.09. The van der Waals surface area contributed by atoms with Crippen LogP contribution in [0.15, 0.2) is 22.6 Å². The molecule has 0 bridgehead atoms. The van der Waals surface area contributed by atoms with Gasteiger partial charge in [-0.05, 0) is 12.1 Å². The van der Waals surface area contributed by atoms with Gasteiger partial charge in [0, 0.05) is 10.9 Å². The molecule has 0 saturated carbocycles. The molecule has 0 aromatic heterocycles. The van der Waals surface area contributed by atoms with Gasteiger partial charge in [-0.1, -0.05) is 6.07 Å². The molecule has 0 aliphatic carbocycles. The molecule has 0 radical (unpaired) electrons. The smallest absolute Gasteiger partial charge is 0.338 e. The SMILES string of the molecule is COC(=O)c1cccc(N=S=O)c1C=S=O. The van der Waals surface area contributed by atoms with E-state index in [1.54, 1.807) is 12.1 Å². The Hall–Kier alpha value is -1.60. The standard InChI is InChI=1S/C9H7NO4S2/c1-14-9(11)6-3-2-4-8(10-16-13)7(6)5-15-12/h2-5H,1H3. The number of rotatable bonds is 3. The number of hydrogen-bond acceptors (Lipinski definition) is 5. The molecule has 0 aliphatic rings. The maximum Gasteiger partial charge on any atom is 0.338 e. The van der Waals surface area contributed by atoms with Crippen LogP contribution >= 0.6 is 0 Å². The van der Waals surface area contributed by atoms with Crippen LogP contribution in [-0.2, 0) is 27.5 Å². The van der Waals surface area contributed by atoms with Crippen molar-refractivity contribution in [1.29, 1.82) is 0 Å². The molecule has 16 heavy (non-hydrogen) atoms. The largest absolute Gasteiger partial charge is 0.465 e. The Labute approximate surface area is 98.8 Å². The van der Waals surface area contributed by atoms with Crippen molar-refractivity contribution in [3.05, 3.63) is 29.3 Å². The minimum atomic E-state index is -0.576. The Balaban J connectivity index is 3.49. The third kappa shape index (κ3) is 2.71. The van der Waals surface area contributed by atoms with E-state index in [4.69, 9.17) is 0 Å². The summed E-state index contributed by atoms with van der Waals surface area (Å²) in [6.45, 7) is 0. The van der Waals surface area contributed by atoms with Crippen LogP contribution in [0.4, 0.5) is 5.69 Å². The number of methoxy groups -OCH3 is 1. The lowest BCUT2D eigenvalue weighted by atomic mass is 10.1. The minimum absolute atomic E-state index is 0.0143. The number of carbonyl (C=O) groups is 1. The van der Waals surface area contributed by atoms with Crippen LogP contribution < -0.4 is 0 Å². The quantitative estimate of drug-likeness (QED) is 0.595. The first-order valence-electron chi connectivity index (χ1n) is 4.07. The summed E-state index contributed by atoms with van der Waals surface area (Å²) in [5.74, 6) is -0.576. The maximum absolute atomic E-state index is 11.4. The number of esters is 1. The Bertz CT molecular complexity index is 516. The lowest BCUT2D eigenvalue weighted by molar-refractivity contribution is 0.0600. The van der Waals surface area contributed by atoms with Crippen LogP contribution in [0.5, 0.6) is 0 Å². The summed E-state index contributed by atoms with van der Waals surface area (Å²) >= 11 is 0.197. The molecule has 0 N–H and O–H groups in total. The Morgan fingerprint density at radius 2 is 2.19 bits per heavy atom. The van der Waals surface area contributed by atoms with Gasteiger partial charge in [0.2, 0.25) is 11.5 Å². The molecule has 7 heteroatoms. The second-order valence-electron chi connectivity index (χ2n) is 2.61. The van der Waals surface area contributed by atoms with E-state index in [-0.39, 0.29) is 34.0 Å². The summed E-state index contributed by atoms with van der Waals surface area (Å²) in [4.78, 5) is 11.4. The fourth-order valence-electron chi connectivity index (χ4n) is 1.13. The van der Waals surface area contributed by atoms with Gasteiger partial charge in [-0.3, -0.25) is 0 Å². The lowest BCUT2D eigenvalue weighted by Gasteiger charge is -2.04. The molecule has 0 fully saturated rings. The maximum atomic E-state index is 11.4. The van der Waals surface area contributed by atoms with E-state index < -0.39 is 5.97 Å². The number of benzene rings is 1. The van der Waals surface area contributed by atoms with E-state index in [1.165, 1.54) is 18.5 Å². The molecule has 0 heterocycles. The van der Waals surface area contributed by atoms with Crippen LogP contribution in [0.3, 0.4) is 0 Å². The van der Waals surface area contributed by atoms with Gasteiger partial charge in [-0.25, -0.2) is 9.00 Å². The molecule has 0 amide bonds. The second-order valence-corrected chi connectivity index (χ2v) is 3.37. The minimum Gasteiger partial charge on any atom is -0.465 e. The van der Waals surface area contributed by atoms with Crippen molar-refractivity contribution in [2.45, 2.75) is 0 Å².